The molecule has 18 heavy (non-hydrogen) atoms. The Balaban J connectivity index is 1.95. The fraction of sp³-hybridized carbons (Fsp3) is 0.500. The number of hydrogen-bond donors (Lipinski definition) is 2. The van der Waals surface area contributed by atoms with Gasteiger partial charge < -0.3 is 5.32 Å². The first-order valence-electron chi connectivity index (χ1n) is 6.35. The summed E-state index contributed by atoms with van der Waals surface area (Å²) in [6.07, 6.45) is 0. The van der Waals surface area contributed by atoms with Crippen LogP contribution in [-0.2, 0) is 11.3 Å². The van der Waals surface area contributed by atoms with E-state index in [-0.39, 0.29) is 11.9 Å². The van der Waals surface area contributed by atoms with E-state index in [1.165, 1.54) is 11.1 Å². The number of nitrogens with one attached hydrogen (secondary N) is 2. The van der Waals surface area contributed by atoms with Crippen LogP contribution in [0.15, 0.2) is 24.3 Å². The summed E-state index contributed by atoms with van der Waals surface area (Å²) in [6.45, 7) is 4.97. The van der Waals surface area contributed by atoms with Crippen molar-refractivity contribution in [1.82, 2.24) is 10.6 Å². The highest BCUT2D eigenvalue weighted by atomic mass is 32.2. The van der Waals surface area contributed by atoms with Gasteiger partial charge in [0, 0.05) is 18.2 Å². The van der Waals surface area contributed by atoms with Gasteiger partial charge in [-0.1, -0.05) is 38.1 Å². The summed E-state index contributed by atoms with van der Waals surface area (Å²) in [5, 5.41) is 6.20. The molecule has 1 aliphatic rings. The van der Waals surface area contributed by atoms with Crippen molar-refractivity contribution >= 4 is 17.7 Å². The molecular formula is C14H20N2OS. The lowest BCUT2D eigenvalue weighted by Gasteiger charge is -2.15. The Morgan fingerprint density at radius 3 is 2.94 bits per heavy atom. The number of rotatable bonds is 4. The van der Waals surface area contributed by atoms with E-state index < -0.39 is 0 Å². The van der Waals surface area contributed by atoms with Crippen LogP contribution in [0.2, 0.25) is 0 Å². The number of carbonyl (C=O) groups excluding carboxylic acids is 1. The van der Waals surface area contributed by atoms with E-state index >= 15 is 0 Å². The summed E-state index contributed by atoms with van der Waals surface area (Å²) >= 11 is 1.77. The molecular weight excluding hydrogens is 244 g/mol. The smallest absolute Gasteiger partial charge is 0.238 e. The van der Waals surface area contributed by atoms with Crippen LogP contribution in [0.1, 0.15) is 30.9 Å². The third-order valence-electron chi connectivity index (χ3n) is 3.16. The maximum Gasteiger partial charge on any atom is 0.238 e. The molecule has 1 fully saturated rings. The van der Waals surface area contributed by atoms with Crippen molar-refractivity contribution in [3.63, 3.8) is 0 Å². The Morgan fingerprint density at radius 2 is 2.28 bits per heavy atom. The predicted molar refractivity (Wildman–Crippen MR) is 76.6 cm³/mol. The van der Waals surface area contributed by atoms with Crippen molar-refractivity contribution in [1.29, 1.82) is 0 Å². The lowest BCUT2D eigenvalue weighted by atomic mass is 9.97. The predicted octanol–water partition coefficient (Wildman–Crippen LogP) is 2.09. The fourth-order valence-corrected chi connectivity index (χ4v) is 3.07. The standard InChI is InChI=1S/C14H20N2OS/c1-10(2)12-6-4-3-5-11(12)7-15-14(17)13-8-18-9-16-13/h3-6,10,13,16H,7-9H2,1-2H3,(H,15,17). The maximum absolute atomic E-state index is 11.9. The largest absolute Gasteiger partial charge is 0.351 e. The first-order valence-corrected chi connectivity index (χ1v) is 7.50. The van der Waals surface area contributed by atoms with Gasteiger partial charge in [-0.15, -0.1) is 11.8 Å². The molecule has 3 nitrogen and oxygen atoms in total. The molecule has 2 N–H and O–H groups in total. The van der Waals surface area contributed by atoms with Crippen LogP contribution in [0.5, 0.6) is 0 Å². The molecule has 1 amide bonds. The van der Waals surface area contributed by atoms with Crippen molar-refractivity contribution < 1.29 is 4.79 Å². The SMILES string of the molecule is CC(C)c1ccccc1CNC(=O)C1CSCN1. The monoisotopic (exact) mass is 264 g/mol. The van der Waals surface area contributed by atoms with Gasteiger partial charge >= 0.3 is 0 Å². The topological polar surface area (TPSA) is 41.1 Å². The number of carbonyl (C=O) groups is 1. The van der Waals surface area contributed by atoms with Crippen molar-refractivity contribution in [3.8, 4) is 0 Å². The van der Waals surface area contributed by atoms with Gasteiger partial charge in [0.05, 0.1) is 6.04 Å². The summed E-state index contributed by atoms with van der Waals surface area (Å²) in [4.78, 5) is 11.9. The van der Waals surface area contributed by atoms with E-state index in [9.17, 15) is 4.79 Å². The third-order valence-corrected chi connectivity index (χ3v) is 4.10. The van der Waals surface area contributed by atoms with Gasteiger partial charge in [-0.3, -0.25) is 10.1 Å². The number of amides is 1. The Kier molecular flexibility index (Phi) is 4.66. The highest BCUT2D eigenvalue weighted by molar-refractivity contribution is 7.99. The summed E-state index contributed by atoms with van der Waals surface area (Å²) < 4.78 is 0. The first kappa shape index (κ1) is 13.4. The summed E-state index contributed by atoms with van der Waals surface area (Å²) in [6, 6.07) is 8.27. The average molecular weight is 264 g/mol. The third kappa shape index (κ3) is 3.27. The quantitative estimate of drug-likeness (QED) is 0.875. The highest BCUT2D eigenvalue weighted by Crippen LogP contribution is 2.19. The lowest BCUT2D eigenvalue weighted by molar-refractivity contribution is -0.122. The zero-order valence-electron chi connectivity index (χ0n) is 10.9. The first-order chi connectivity index (χ1) is 8.68. The van der Waals surface area contributed by atoms with Gasteiger partial charge in [0.1, 0.15) is 0 Å². The fourth-order valence-electron chi connectivity index (χ4n) is 2.13. The molecule has 0 aliphatic carbocycles. The number of thioether (sulfide) groups is 1. The van der Waals surface area contributed by atoms with Crippen LogP contribution in [0.25, 0.3) is 0 Å². The van der Waals surface area contributed by atoms with Crippen LogP contribution in [0.3, 0.4) is 0 Å². The summed E-state index contributed by atoms with van der Waals surface area (Å²) in [5.41, 5.74) is 2.53. The normalized spacial score (nSPS) is 19.2. The molecule has 98 valence electrons. The Hall–Kier alpha value is -1.000. The molecule has 0 aromatic heterocycles. The summed E-state index contributed by atoms with van der Waals surface area (Å²) in [5.74, 6) is 2.34. The second kappa shape index (κ2) is 6.25. The average Bonchev–Trinajstić information content (AvgIpc) is 2.90. The molecule has 0 saturated carbocycles. The van der Waals surface area contributed by atoms with E-state index in [4.69, 9.17) is 0 Å². The zero-order valence-corrected chi connectivity index (χ0v) is 11.7. The number of hydrogen-bond acceptors (Lipinski definition) is 3. The molecule has 4 heteroatoms. The second-order valence-electron chi connectivity index (χ2n) is 4.84. The second-order valence-corrected chi connectivity index (χ2v) is 5.87. The molecule has 0 bridgehead atoms. The molecule has 1 aliphatic heterocycles. The van der Waals surface area contributed by atoms with Gasteiger partial charge in [0.2, 0.25) is 5.91 Å². The molecule has 1 heterocycles. The molecule has 1 unspecified atom stereocenters. The van der Waals surface area contributed by atoms with Crippen molar-refractivity contribution in [2.75, 3.05) is 11.6 Å². The van der Waals surface area contributed by atoms with Crippen molar-refractivity contribution in [2.45, 2.75) is 32.4 Å². The van der Waals surface area contributed by atoms with Crippen LogP contribution >= 0.6 is 11.8 Å². The number of benzene rings is 1. The highest BCUT2D eigenvalue weighted by Gasteiger charge is 2.22. The lowest BCUT2D eigenvalue weighted by Crippen LogP contribution is -2.41. The van der Waals surface area contributed by atoms with Gasteiger partial charge in [0.25, 0.3) is 0 Å². The molecule has 2 rings (SSSR count). The molecule has 0 spiro atoms. The zero-order chi connectivity index (χ0) is 13.0. The summed E-state index contributed by atoms with van der Waals surface area (Å²) in [7, 11) is 0. The van der Waals surface area contributed by atoms with E-state index in [2.05, 4.69) is 42.7 Å². The maximum atomic E-state index is 11.9. The van der Waals surface area contributed by atoms with E-state index in [1.807, 2.05) is 6.07 Å². The van der Waals surface area contributed by atoms with Gasteiger partial charge in [-0.25, -0.2) is 0 Å². The van der Waals surface area contributed by atoms with Crippen LogP contribution in [-0.4, -0.2) is 23.6 Å². The minimum atomic E-state index is -0.0267. The van der Waals surface area contributed by atoms with Crippen LogP contribution in [0, 0.1) is 0 Å². The van der Waals surface area contributed by atoms with Crippen LogP contribution in [0.4, 0.5) is 0 Å². The minimum absolute atomic E-state index is 0.0267. The molecule has 1 aromatic rings. The van der Waals surface area contributed by atoms with E-state index in [0.29, 0.717) is 12.5 Å². The minimum Gasteiger partial charge on any atom is -0.351 e. The van der Waals surface area contributed by atoms with Crippen molar-refractivity contribution in [3.05, 3.63) is 35.4 Å². The van der Waals surface area contributed by atoms with E-state index in [1.54, 1.807) is 11.8 Å². The van der Waals surface area contributed by atoms with Gasteiger partial charge in [-0.05, 0) is 17.0 Å². The Labute approximate surface area is 113 Å². The van der Waals surface area contributed by atoms with Crippen molar-refractivity contribution in [2.24, 2.45) is 0 Å². The van der Waals surface area contributed by atoms with Crippen LogP contribution < -0.4 is 10.6 Å². The molecule has 1 saturated heterocycles. The van der Waals surface area contributed by atoms with Gasteiger partial charge in [-0.2, -0.15) is 0 Å². The Morgan fingerprint density at radius 1 is 1.50 bits per heavy atom. The molecule has 1 atom stereocenters. The molecule has 0 radical (unpaired) electrons. The Bertz CT molecular complexity index is 414. The molecule has 1 aromatic carbocycles. The van der Waals surface area contributed by atoms with Gasteiger partial charge in [0.15, 0.2) is 0 Å². The van der Waals surface area contributed by atoms with E-state index in [0.717, 1.165) is 11.6 Å².